The molecule has 0 heterocycles. The monoisotopic (exact) mass is 321 g/mol. The number of ether oxygens (including phenoxy) is 1. The molecule has 6 nitrogen and oxygen atoms in total. The number of amides is 3. The third-order valence-corrected chi connectivity index (χ3v) is 3.42. The molecule has 0 fully saturated rings. The topological polar surface area (TPSA) is 70.7 Å². The zero-order chi connectivity index (χ0) is 17.1. The van der Waals surface area contributed by atoms with Crippen LogP contribution in [0.3, 0.4) is 0 Å². The van der Waals surface area contributed by atoms with E-state index in [2.05, 4.69) is 10.6 Å². The van der Waals surface area contributed by atoms with E-state index in [0.29, 0.717) is 44.1 Å². The highest BCUT2D eigenvalue weighted by molar-refractivity contribution is 6.03. The van der Waals surface area contributed by atoms with E-state index in [-0.39, 0.29) is 11.9 Å². The quantitative estimate of drug-likeness (QED) is 0.687. The van der Waals surface area contributed by atoms with Gasteiger partial charge >= 0.3 is 6.03 Å². The van der Waals surface area contributed by atoms with Gasteiger partial charge in [0, 0.05) is 32.8 Å². The lowest BCUT2D eigenvalue weighted by Gasteiger charge is -2.20. The van der Waals surface area contributed by atoms with Crippen molar-refractivity contribution in [1.82, 2.24) is 10.2 Å². The zero-order valence-electron chi connectivity index (χ0n) is 14.2. The van der Waals surface area contributed by atoms with Crippen LogP contribution >= 0.6 is 0 Å². The predicted octanol–water partition coefficient (Wildman–Crippen LogP) is 2.72. The molecule has 0 bridgehead atoms. The Morgan fingerprint density at radius 1 is 1.13 bits per heavy atom. The first-order valence-electron chi connectivity index (χ1n) is 8.14. The second kappa shape index (κ2) is 10.6. The Hall–Kier alpha value is -2.08. The molecule has 0 saturated heterocycles. The molecule has 1 aromatic rings. The molecule has 1 rings (SSSR count). The number of nitrogens with one attached hydrogen (secondary N) is 2. The van der Waals surface area contributed by atoms with Crippen molar-refractivity contribution in [1.29, 1.82) is 0 Å². The summed E-state index contributed by atoms with van der Waals surface area (Å²) in [6.07, 6.45) is 0.757. The van der Waals surface area contributed by atoms with E-state index in [0.717, 1.165) is 6.42 Å². The Bertz CT molecular complexity index is 502. The van der Waals surface area contributed by atoms with E-state index in [1.54, 1.807) is 29.2 Å². The fourth-order valence-electron chi connectivity index (χ4n) is 2.11. The number of hydrogen-bond acceptors (Lipinski definition) is 3. The summed E-state index contributed by atoms with van der Waals surface area (Å²) in [4.78, 5) is 26.1. The molecular formula is C17H27N3O3. The van der Waals surface area contributed by atoms with E-state index in [1.807, 2.05) is 20.8 Å². The number of benzene rings is 1. The van der Waals surface area contributed by atoms with E-state index in [9.17, 15) is 9.59 Å². The molecule has 128 valence electrons. The van der Waals surface area contributed by atoms with Gasteiger partial charge in [-0.1, -0.05) is 12.1 Å². The van der Waals surface area contributed by atoms with Crippen LogP contribution in [-0.2, 0) is 4.74 Å². The van der Waals surface area contributed by atoms with Gasteiger partial charge in [0.25, 0.3) is 5.91 Å². The molecule has 0 atom stereocenters. The van der Waals surface area contributed by atoms with Crippen molar-refractivity contribution in [3.63, 3.8) is 0 Å². The lowest BCUT2D eigenvalue weighted by Crippen LogP contribution is -2.35. The average molecular weight is 321 g/mol. The van der Waals surface area contributed by atoms with Gasteiger partial charge in [-0.2, -0.15) is 0 Å². The number of carbonyl (C=O) groups is 2. The summed E-state index contributed by atoms with van der Waals surface area (Å²) in [7, 11) is 0. The molecule has 2 N–H and O–H groups in total. The van der Waals surface area contributed by atoms with Crippen molar-refractivity contribution in [2.75, 3.05) is 38.2 Å². The first kappa shape index (κ1) is 19.0. The SMILES string of the molecule is CCOCCCNC(=O)c1ccccc1NC(=O)N(CC)CC. The number of carbonyl (C=O) groups excluding carboxylic acids is 2. The maximum Gasteiger partial charge on any atom is 0.321 e. The number of rotatable bonds is 9. The van der Waals surface area contributed by atoms with E-state index >= 15 is 0 Å². The molecular weight excluding hydrogens is 294 g/mol. The molecule has 23 heavy (non-hydrogen) atoms. The van der Waals surface area contributed by atoms with Crippen LogP contribution in [0, 0.1) is 0 Å². The fourth-order valence-corrected chi connectivity index (χ4v) is 2.11. The predicted molar refractivity (Wildman–Crippen MR) is 91.8 cm³/mol. The Balaban J connectivity index is 2.65. The number of nitrogens with zero attached hydrogens (tertiary/aromatic N) is 1. The van der Waals surface area contributed by atoms with Gasteiger partial charge in [-0.3, -0.25) is 4.79 Å². The second-order valence-corrected chi connectivity index (χ2v) is 4.95. The smallest absolute Gasteiger partial charge is 0.321 e. The van der Waals surface area contributed by atoms with Gasteiger partial charge in [-0.05, 0) is 39.3 Å². The van der Waals surface area contributed by atoms with Crippen LogP contribution in [0.4, 0.5) is 10.5 Å². The van der Waals surface area contributed by atoms with Gasteiger partial charge in [0.05, 0.1) is 11.3 Å². The van der Waals surface area contributed by atoms with Crippen LogP contribution in [0.15, 0.2) is 24.3 Å². The molecule has 0 saturated carbocycles. The highest BCUT2D eigenvalue weighted by atomic mass is 16.5. The number of urea groups is 1. The van der Waals surface area contributed by atoms with Crippen LogP contribution in [-0.4, -0.2) is 49.7 Å². The summed E-state index contributed by atoms with van der Waals surface area (Å²) in [5, 5.41) is 5.65. The summed E-state index contributed by atoms with van der Waals surface area (Å²) in [6, 6.07) is 6.81. The van der Waals surface area contributed by atoms with Crippen molar-refractivity contribution < 1.29 is 14.3 Å². The number of para-hydroxylation sites is 1. The minimum atomic E-state index is -0.202. The molecule has 0 spiro atoms. The first-order chi connectivity index (χ1) is 11.1. The van der Waals surface area contributed by atoms with E-state index in [1.165, 1.54) is 0 Å². The number of hydrogen-bond donors (Lipinski definition) is 2. The van der Waals surface area contributed by atoms with Gasteiger partial charge in [-0.15, -0.1) is 0 Å². The average Bonchev–Trinajstić information content (AvgIpc) is 2.56. The normalized spacial score (nSPS) is 10.2. The highest BCUT2D eigenvalue weighted by Crippen LogP contribution is 2.15. The van der Waals surface area contributed by atoms with Crippen molar-refractivity contribution in [3.8, 4) is 0 Å². The third kappa shape index (κ3) is 6.28. The van der Waals surface area contributed by atoms with Gasteiger partial charge in [0.2, 0.25) is 0 Å². The number of anilines is 1. The van der Waals surface area contributed by atoms with E-state index in [4.69, 9.17) is 4.74 Å². The molecule has 0 radical (unpaired) electrons. The van der Waals surface area contributed by atoms with Crippen molar-refractivity contribution in [2.24, 2.45) is 0 Å². The molecule has 0 aliphatic carbocycles. The Labute approximate surface area is 138 Å². The maximum absolute atomic E-state index is 12.3. The standard InChI is InChI=1S/C17H27N3O3/c1-4-20(5-2)17(22)19-15-11-8-7-10-14(15)16(21)18-12-9-13-23-6-3/h7-8,10-11H,4-6,9,12-13H2,1-3H3,(H,18,21)(H,19,22). The summed E-state index contributed by atoms with van der Waals surface area (Å²) in [5.41, 5.74) is 0.983. The van der Waals surface area contributed by atoms with Crippen molar-refractivity contribution in [3.05, 3.63) is 29.8 Å². The summed E-state index contributed by atoms with van der Waals surface area (Å²) in [5.74, 6) is -0.197. The molecule has 6 heteroatoms. The van der Waals surface area contributed by atoms with Crippen LogP contribution in [0.2, 0.25) is 0 Å². The molecule has 0 aliphatic rings. The van der Waals surface area contributed by atoms with Crippen LogP contribution < -0.4 is 10.6 Å². The Morgan fingerprint density at radius 3 is 2.48 bits per heavy atom. The molecule has 0 unspecified atom stereocenters. The Morgan fingerprint density at radius 2 is 1.83 bits per heavy atom. The fraction of sp³-hybridized carbons (Fsp3) is 0.529. The highest BCUT2D eigenvalue weighted by Gasteiger charge is 2.15. The maximum atomic E-state index is 12.3. The minimum absolute atomic E-state index is 0.197. The third-order valence-electron chi connectivity index (χ3n) is 3.42. The lowest BCUT2D eigenvalue weighted by atomic mass is 10.1. The second-order valence-electron chi connectivity index (χ2n) is 4.95. The van der Waals surface area contributed by atoms with Crippen LogP contribution in [0.1, 0.15) is 37.6 Å². The summed E-state index contributed by atoms with van der Waals surface area (Å²) in [6.45, 7) is 8.85. The van der Waals surface area contributed by atoms with Crippen molar-refractivity contribution in [2.45, 2.75) is 27.2 Å². The molecule has 0 aliphatic heterocycles. The summed E-state index contributed by atoms with van der Waals surface area (Å²) >= 11 is 0. The minimum Gasteiger partial charge on any atom is -0.382 e. The Kier molecular flexibility index (Phi) is 8.75. The van der Waals surface area contributed by atoms with Gasteiger partial charge in [0.15, 0.2) is 0 Å². The zero-order valence-corrected chi connectivity index (χ0v) is 14.2. The van der Waals surface area contributed by atoms with Gasteiger partial charge in [0.1, 0.15) is 0 Å². The largest absolute Gasteiger partial charge is 0.382 e. The van der Waals surface area contributed by atoms with Gasteiger partial charge in [-0.25, -0.2) is 4.79 Å². The van der Waals surface area contributed by atoms with Crippen LogP contribution in [0.25, 0.3) is 0 Å². The summed E-state index contributed by atoms with van der Waals surface area (Å²) < 4.78 is 5.23. The first-order valence-corrected chi connectivity index (χ1v) is 8.14. The van der Waals surface area contributed by atoms with Gasteiger partial charge < -0.3 is 20.3 Å². The molecule has 3 amide bonds. The molecule has 1 aromatic carbocycles. The lowest BCUT2D eigenvalue weighted by molar-refractivity contribution is 0.0945. The van der Waals surface area contributed by atoms with E-state index < -0.39 is 0 Å². The van der Waals surface area contributed by atoms with Crippen molar-refractivity contribution >= 4 is 17.6 Å². The van der Waals surface area contributed by atoms with Crippen LogP contribution in [0.5, 0.6) is 0 Å². The molecule has 0 aromatic heterocycles.